The van der Waals surface area contributed by atoms with Crippen molar-refractivity contribution in [2.45, 2.75) is 42.9 Å². The Bertz CT molecular complexity index is 923. The molecule has 0 amide bonds. The fourth-order valence-electron chi connectivity index (χ4n) is 4.16. The van der Waals surface area contributed by atoms with Crippen LogP contribution in [0.1, 0.15) is 35.4 Å². The highest BCUT2D eigenvalue weighted by molar-refractivity contribution is 7.89. The summed E-state index contributed by atoms with van der Waals surface area (Å²) >= 11 is 0. The fraction of sp³-hybridized carbons (Fsp3) is 0.421. The van der Waals surface area contributed by atoms with Crippen molar-refractivity contribution in [3.63, 3.8) is 0 Å². The van der Waals surface area contributed by atoms with Crippen molar-refractivity contribution in [3.05, 3.63) is 54.0 Å². The number of carbonyl (C=O) groups is 1. The maximum Gasteiger partial charge on any atom is 0.373 e. The minimum Gasteiger partial charge on any atom is -0.475 e. The maximum atomic E-state index is 12.5. The molecule has 4 atom stereocenters. The van der Waals surface area contributed by atoms with Crippen LogP contribution in [0.3, 0.4) is 0 Å². The van der Waals surface area contributed by atoms with Gasteiger partial charge in [0.2, 0.25) is 15.8 Å². The molecular weight excluding hydrogens is 370 g/mol. The van der Waals surface area contributed by atoms with Crippen LogP contribution in [0.4, 0.5) is 0 Å². The van der Waals surface area contributed by atoms with E-state index >= 15 is 0 Å². The maximum absolute atomic E-state index is 12.5. The SMILES string of the molecule is O=C(O)c1occc1S(=O)(=O)NC1C[C@@H]2CC(OCc3ccccc3)C[C@H]12. The van der Waals surface area contributed by atoms with Gasteiger partial charge in [0.25, 0.3) is 0 Å². The van der Waals surface area contributed by atoms with Gasteiger partial charge in [0.05, 0.1) is 19.0 Å². The van der Waals surface area contributed by atoms with Crippen LogP contribution in [0.25, 0.3) is 0 Å². The second kappa shape index (κ2) is 7.10. The van der Waals surface area contributed by atoms with Crippen LogP contribution in [0.2, 0.25) is 0 Å². The highest BCUT2D eigenvalue weighted by atomic mass is 32.2. The highest BCUT2D eigenvalue weighted by Gasteiger charge is 2.49. The summed E-state index contributed by atoms with van der Waals surface area (Å²) in [5.74, 6) is -1.29. The van der Waals surface area contributed by atoms with Crippen molar-refractivity contribution in [1.29, 1.82) is 0 Å². The third-order valence-electron chi connectivity index (χ3n) is 5.53. The summed E-state index contributed by atoms with van der Waals surface area (Å²) in [7, 11) is -3.93. The molecule has 0 aliphatic heterocycles. The highest BCUT2D eigenvalue weighted by Crippen LogP contribution is 2.48. The van der Waals surface area contributed by atoms with E-state index in [0.717, 1.165) is 31.1 Å². The van der Waals surface area contributed by atoms with Crippen LogP contribution in [-0.2, 0) is 21.4 Å². The first-order valence-electron chi connectivity index (χ1n) is 8.92. The van der Waals surface area contributed by atoms with Gasteiger partial charge in [0.1, 0.15) is 4.90 Å². The Morgan fingerprint density at radius 2 is 1.96 bits per heavy atom. The lowest BCUT2D eigenvalue weighted by Crippen LogP contribution is -2.50. The molecule has 2 aliphatic carbocycles. The van der Waals surface area contributed by atoms with E-state index in [2.05, 4.69) is 4.72 Å². The number of nitrogens with one attached hydrogen (secondary N) is 1. The molecule has 0 bridgehead atoms. The van der Waals surface area contributed by atoms with Crippen molar-refractivity contribution >= 4 is 16.0 Å². The number of carboxylic acid groups (broad SMARTS) is 1. The fourth-order valence-corrected chi connectivity index (χ4v) is 5.57. The normalized spacial score (nSPS) is 27.1. The molecule has 2 fully saturated rings. The lowest BCUT2D eigenvalue weighted by atomic mass is 9.72. The Balaban J connectivity index is 1.35. The molecule has 144 valence electrons. The minimum absolute atomic E-state index is 0.123. The number of hydrogen-bond acceptors (Lipinski definition) is 5. The van der Waals surface area contributed by atoms with Gasteiger partial charge >= 0.3 is 5.97 Å². The Hall–Kier alpha value is -2.16. The molecule has 4 rings (SSSR count). The van der Waals surface area contributed by atoms with E-state index in [0.29, 0.717) is 12.5 Å². The molecule has 1 heterocycles. The van der Waals surface area contributed by atoms with Crippen LogP contribution in [0.15, 0.2) is 52.0 Å². The molecule has 2 aromatic rings. The van der Waals surface area contributed by atoms with Gasteiger partial charge in [-0.15, -0.1) is 0 Å². The van der Waals surface area contributed by atoms with E-state index in [1.165, 1.54) is 6.07 Å². The summed E-state index contributed by atoms with van der Waals surface area (Å²) < 4.78 is 38.5. The number of carboxylic acids is 1. The van der Waals surface area contributed by atoms with E-state index in [1.54, 1.807) is 0 Å². The zero-order valence-electron chi connectivity index (χ0n) is 14.6. The molecule has 0 saturated heterocycles. The largest absolute Gasteiger partial charge is 0.475 e. The number of fused-ring (bicyclic) bond motifs is 1. The molecule has 27 heavy (non-hydrogen) atoms. The predicted octanol–water partition coefficient (Wildman–Crippen LogP) is 2.64. The van der Waals surface area contributed by atoms with Crippen molar-refractivity contribution in [2.24, 2.45) is 11.8 Å². The molecule has 2 saturated carbocycles. The van der Waals surface area contributed by atoms with E-state index in [1.807, 2.05) is 30.3 Å². The molecule has 1 aromatic heterocycles. The number of rotatable bonds is 7. The molecule has 7 nitrogen and oxygen atoms in total. The summed E-state index contributed by atoms with van der Waals surface area (Å²) in [5.41, 5.74) is 1.12. The summed E-state index contributed by atoms with van der Waals surface area (Å²) in [6.45, 7) is 0.554. The third kappa shape index (κ3) is 3.65. The van der Waals surface area contributed by atoms with Crippen molar-refractivity contribution in [2.75, 3.05) is 0 Å². The van der Waals surface area contributed by atoms with Crippen LogP contribution in [0.5, 0.6) is 0 Å². The van der Waals surface area contributed by atoms with Crippen LogP contribution in [0, 0.1) is 11.8 Å². The second-order valence-electron chi connectivity index (χ2n) is 7.20. The summed E-state index contributed by atoms with van der Waals surface area (Å²) in [6.07, 6.45) is 3.68. The van der Waals surface area contributed by atoms with E-state index in [4.69, 9.17) is 14.3 Å². The first-order chi connectivity index (χ1) is 12.9. The lowest BCUT2D eigenvalue weighted by molar-refractivity contribution is 0.0428. The predicted molar refractivity (Wildman–Crippen MR) is 95.6 cm³/mol. The first kappa shape index (κ1) is 18.2. The number of benzene rings is 1. The van der Waals surface area contributed by atoms with Gasteiger partial charge in [-0.05, 0) is 42.7 Å². The van der Waals surface area contributed by atoms with Crippen molar-refractivity contribution in [3.8, 4) is 0 Å². The third-order valence-corrected chi connectivity index (χ3v) is 7.04. The van der Waals surface area contributed by atoms with Gasteiger partial charge in [-0.1, -0.05) is 30.3 Å². The average molecular weight is 391 g/mol. The minimum atomic E-state index is -3.93. The van der Waals surface area contributed by atoms with Gasteiger partial charge in [0, 0.05) is 6.04 Å². The Kier molecular flexibility index (Phi) is 4.79. The summed E-state index contributed by atoms with van der Waals surface area (Å²) in [6, 6.07) is 10.9. The van der Waals surface area contributed by atoms with Gasteiger partial charge in [0.15, 0.2) is 0 Å². The Labute approximate surface area is 157 Å². The zero-order valence-corrected chi connectivity index (χ0v) is 15.4. The Morgan fingerprint density at radius 3 is 2.70 bits per heavy atom. The van der Waals surface area contributed by atoms with E-state index in [-0.39, 0.29) is 23.0 Å². The summed E-state index contributed by atoms with van der Waals surface area (Å²) in [5, 5.41) is 9.06. The molecule has 0 radical (unpaired) electrons. The standard InChI is InChI=1S/C19H21NO6S/c21-19(22)18-17(6-7-25-18)27(23,24)20-16-9-13-8-14(10-15(13)16)26-11-12-4-2-1-3-5-12/h1-7,13-16,20H,8-11H2,(H,21,22)/t13-,14?,15-,16?/m0/s1. The van der Waals surface area contributed by atoms with Gasteiger partial charge in [-0.3, -0.25) is 0 Å². The Morgan fingerprint density at radius 1 is 1.19 bits per heavy atom. The number of hydrogen-bond donors (Lipinski definition) is 2. The molecule has 0 spiro atoms. The molecular formula is C19H21NO6S. The quantitative estimate of drug-likeness (QED) is 0.752. The molecule has 1 aromatic carbocycles. The van der Waals surface area contributed by atoms with Crippen molar-refractivity contribution < 1.29 is 27.5 Å². The number of ether oxygens (including phenoxy) is 1. The van der Waals surface area contributed by atoms with E-state index in [9.17, 15) is 13.2 Å². The second-order valence-corrected chi connectivity index (χ2v) is 8.88. The number of sulfonamides is 1. The van der Waals surface area contributed by atoms with Gasteiger partial charge in [-0.2, -0.15) is 0 Å². The molecule has 2 unspecified atom stereocenters. The average Bonchev–Trinajstić information content (AvgIpc) is 3.25. The van der Waals surface area contributed by atoms with Crippen LogP contribution < -0.4 is 4.72 Å². The van der Waals surface area contributed by atoms with E-state index < -0.39 is 21.8 Å². The molecule has 2 aliphatic rings. The lowest BCUT2D eigenvalue weighted by Gasteiger charge is -2.40. The van der Waals surface area contributed by atoms with Gasteiger partial charge in [-0.25, -0.2) is 17.9 Å². The van der Waals surface area contributed by atoms with Crippen LogP contribution in [-0.4, -0.2) is 31.6 Å². The number of furan rings is 1. The zero-order chi connectivity index (χ0) is 19.0. The monoisotopic (exact) mass is 391 g/mol. The smallest absolute Gasteiger partial charge is 0.373 e. The van der Waals surface area contributed by atoms with Crippen LogP contribution >= 0.6 is 0 Å². The molecule has 2 N–H and O–H groups in total. The molecule has 8 heteroatoms. The number of aromatic carboxylic acids is 1. The van der Waals surface area contributed by atoms with Gasteiger partial charge < -0.3 is 14.3 Å². The first-order valence-corrected chi connectivity index (χ1v) is 10.4. The topological polar surface area (TPSA) is 106 Å². The summed E-state index contributed by atoms with van der Waals surface area (Å²) in [4.78, 5) is 10.8. The van der Waals surface area contributed by atoms with Crippen molar-refractivity contribution in [1.82, 2.24) is 4.72 Å².